The summed E-state index contributed by atoms with van der Waals surface area (Å²) < 4.78 is 23.8. The molecule has 1 N–H and O–H groups in total. The van der Waals surface area contributed by atoms with Gasteiger partial charge in [0.05, 0.1) is 12.0 Å². The highest BCUT2D eigenvalue weighted by Gasteiger charge is 2.24. The van der Waals surface area contributed by atoms with E-state index in [4.69, 9.17) is 0 Å². The summed E-state index contributed by atoms with van der Waals surface area (Å²) >= 11 is 0. The number of sulfonamides is 1. The van der Waals surface area contributed by atoms with E-state index in [2.05, 4.69) is 36.0 Å². The summed E-state index contributed by atoms with van der Waals surface area (Å²) in [4.78, 5) is 21.1. The molecule has 2 aromatic carbocycles. The normalized spacial score (nSPS) is 15.4. The van der Waals surface area contributed by atoms with Gasteiger partial charge in [0.15, 0.2) is 0 Å². The van der Waals surface area contributed by atoms with Gasteiger partial charge in [0.1, 0.15) is 0 Å². The maximum Gasteiger partial charge on any atom is 0.262 e. The van der Waals surface area contributed by atoms with Gasteiger partial charge in [0.2, 0.25) is 0 Å². The van der Waals surface area contributed by atoms with Gasteiger partial charge in [0.25, 0.3) is 15.9 Å². The molecule has 0 aromatic heterocycles. The lowest BCUT2D eigenvalue weighted by Gasteiger charge is -2.32. The van der Waals surface area contributed by atoms with Crippen molar-refractivity contribution in [1.29, 1.82) is 0 Å². The largest absolute Gasteiger partial charge is 0.339 e. The lowest BCUT2D eigenvalue weighted by Crippen LogP contribution is -2.38. The fraction of sp³-hybridized carbons (Fsp3) is 0.409. The molecule has 1 heterocycles. The Morgan fingerprint density at radius 2 is 1.69 bits per heavy atom. The van der Waals surface area contributed by atoms with E-state index in [1.54, 1.807) is 12.1 Å². The monoisotopic (exact) mass is 416 g/mol. The van der Waals surface area contributed by atoms with E-state index in [-0.39, 0.29) is 10.8 Å². The molecule has 0 atom stereocenters. The van der Waals surface area contributed by atoms with E-state index in [1.807, 2.05) is 9.79 Å². The number of amides is 1. The number of nitrogens with one attached hydrogen (secondary N) is 1. The zero-order chi connectivity index (χ0) is 20.9. The molecule has 3 rings (SSSR count). The molecule has 6 nitrogen and oxygen atoms in total. The third kappa shape index (κ3) is 5.65. The maximum atomic E-state index is 12.7. The highest BCUT2D eigenvalue weighted by Crippen LogP contribution is 2.24. The van der Waals surface area contributed by atoms with Gasteiger partial charge in [-0.05, 0) is 68.4 Å². The molecule has 1 aliphatic rings. The summed E-state index contributed by atoms with van der Waals surface area (Å²) in [7, 11) is -2.48. The van der Waals surface area contributed by atoms with Crippen molar-refractivity contribution in [2.75, 3.05) is 20.2 Å². The van der Waals surface area contributed by atoms with Gasteiger partial charge < -0.3 is 4.90 Å². The van der Waals surface area contributed by atoms with Crippen molar-refractivity contribution in [3.63, 3.8) is 0 Å². The number of piperidine rings is 1. The van der Waals surface area contributed by atoms with E-state index in [0.29, 0.717) is 11.5 Å². The van der Waals surface area contributed by atoms with Crippen LogP contribution in [0.1, 0.15) is 40.7 Å². The smallest absolute Gasteiger partial charge is 0.262 e. The van der Waals surface area contributed by atoms with Crippen LogP contribution in [0.15, 0.2) is 53.4 Å². The summed E-state index contributed by atoms with van der Waals surface area (Å²) in [5.74, 6) is 0.582. The van der Waals surface area contributed by atoms with Crippen LogP contribution >= 0.6 is 0 Å². The van der Waals surface area contributed by atoms with Crippen molar-refractivity contribution in [3.8, 4) is 0 Å². The molecular formula is C22H28N2O4S. The van der Waals surface area contributed by atoms with Gasteiger partial charge in [-0.3, -0.25) is 9.63 Å². The average molecular weight is 417 g/mol. The molecule has 0 aliphatic carbocycles. The molecule has 1 fully saturated rings. The van der Waals surface area contributed by atoms with Gasteiger partial charge in [0, 0.05) is 18.7 Å². The summed E-state index contributed by atoms with van der Waals surface area (Å²) in [5, 5.41) is 0. The molecule has 0 unspecified atom stereocenters. The molecule has 7 heteroatoms. The van der Waals surface area contributed by atoms with Crippen LogP contribution in [0.2, 0.25) is 0 Å². The molecule has 156 valence electrons. The van der Waals surface area contributed by atoms with E-state index < -0.39 is 10.0 Å². The van der Waals surface area contributed by atoms with Gasteiger partial charge in [-0.1, -0.05) is 34.7 Å². The van der Waals surface area contributed by atoms with Gasteiger partial charge >= 0.3 is 0 Å². The van der Waals surface area contributed by atoms with Crippen molar-refractivity contribution in [2.45, 2.75) is 37.5 Å². The average Bonchev–Trinajstić information content (AvgIpc) is 2.73. The zero-order valence-corrected chi connectivity index (χ0v) is 17.7. The lowest BCUT2D eigenvalue weighted by molar-refractivity contribution is 0.0687. The lowest BCUT2D eigenvalue weighted by atomic mass is 9.90. The summed E-state index contributed by atoms with van der Waals surface area (Å²) in [6, 6.07) is 14.6. The van der Waals surface area contributed by atoms with Crippen molar-refractivity contribution in [3.05, 3.63) is 65.2 Å². The van der Waals surface area contributed by atoms with Crippen LogP contribution in [0.5, 0.6) is 0 Å². The second-order valence-electron chi connectivity index (χ2n) is 7.58. The standard InChI is InChI=1S/C22H28N2O4S/c1-17-3-5-18(6-4-17)7-8-19-13-15-24(16-14-19)22(25)20-9-11-21(12-10-20)29(26,27)23-28-2/h3-6,9-12,19,23H,7-8,13-16H2,1-2H3. The summed E-state index contributed by atoms with van der Waals surface area (Å²) in [6.07, 6.45) is 4.22. The molecule has 0 radical (unpaired) electrons. The molecule has 1 saturated heterocycles. The molecule has 1 amide bonds. The van der Waals surface area contributed by atoms with Crippen molar-refractivity contribution in [2.24, 2.45) is 5.92 Å². The Bertz CT molecular complexity index is 916. The first-order valence-electron chi connectivity index (χ1n) is 9.89. The third-order valence-corrected chi connectivity index (χ3v) is 6.75. The first-order chi connectivity index (χ1) is 13.9. The molecule has 0 spiro atoms. The zero-order valence-electron chi connectivity index (χ0n) is 16.9. The molecule has 0 bridgehead atoms. The van der Waals surface area contributed by atoms with Gasteiger partial charge in [-0.25, -0.2) is 8.42 Å². The quantitative estimate of drug-likeness (QED) is 0.703. The highest BCUT2D eigenvalue weighted by atomic mass is 32.2. The second kappa shape index (κ2) is 9.52. The third-order valence-electron chi connectivity index (χ3n) is 5.47. The van der Waals surface area contributed by atoms with Crippen molar-refractivity contribution >= 4 is 15.9 Å². The number of rotatable bonds is 7. The number of hydrogen-bond acceptors (Lipinski definition) is 4. The molecule has 0 saturated carbocycles. The number of benzene rings is 2. The predicted molar refractivity (Wildman–Crippen MR) is 112 cm³/mol. The van der Waals surface area contributed by atoms with Crippen LogP contribution in [-0.4, -0.2) is 39.4 Å². The Balaban J connectivity index is 1.51. The van der Waals surface area contributed by atoms with Crippen molar-refractivity contribution < 1.29 is 18.0 Å². The van der Waals surface area contributed by atoms with Crippen LogP contribution < -0.4 is 4.89 Å². The number of carbonyl (C=O) groups excluding carboxylic acids is 1. The first-order valence-corrected chi connectivity index (χ1v) is 11.4. The molecular weight excluding hydrogens is 388 g/mol. The molecule has 1 aliphatic heterocycles. The first kappa shape index (κ1) is 21.5. The second-order valence-corrected chi connectivity index (χ2v) is 9.22. The van der Waals surface area contributed by atoms with E-state index in [0.717, 1.165) is 38.8 Å². The van der Waals surface area contributed by atoms with Gasteiger partial charge in [-0.15, -0.1) is 0 Å². The van der Waals surface area contributed by atoms with E-state index in [9.17, 15) is 13.2 Å². The fourth-order valence-electron chi connectivity index (χ4n) is 3.67. The maximum absolute atomic E-state index is 12.7. The number of aryl methyl sites for hydroxylation is 2. The molecule has 29 heavy (non-hydrogen) atoms. The van der Waals surface area contributed by atoms with Crippen LogP contribution in [0, 0.1) is 12.8 Å². The van der Waals surface area contributed by atoms with Crippen LogP contribution in [0.3, 0.4) is 0 Å². The topological polar surface area (TPSA) is 75.7 Å². The number of hydrogen-bond donors (Lipinski definition) is 1. The minimum Gasteiger partial charge on any atom is -0.339 e. The summed E-state index contributed by atoms with van der Waals surface area (Å²) in [6.45, 7) is 3.57. The van der Waals surface area contributed by atoms with E-state index in [1.165, 1.54) is 30.4 Å². The Kier molecular flexibility index (Phi) is 7.05. The Labute approximate surface area is 172 Å². The van der Waals surface area contributed by atoms with Crippen LogP contribution in [0.25, 0.3) is 0 Å². The Hall–Kier alpha value is -2.22. The minimum absolute atomic E-state index is 0.0503. The van der Waals surface area contributed by atoms with Crippen LogP contribution in [-0.2, 0) is 21.3 Å². The SMILES string of the molecule is CONS(=O)(=O)c1ccc(C(=O)N2CCC(CCc3ccc(C)cc3)CC2)cc1. The van der Waals surface area contributed by atoms with Gasteiger partial charge in [-0.2, -0.15) is 0 Å². The van der Waals surface area contributed by atoms with Crippen LogP contribution in [0.4, 0.5) is 0 Å². The number of likely N-dealkylation sites (tertiary alicyclic amines) is 1. The highest BCUT2D eigenvalue weighted by molar-refractivity contribution is 7.89. The molecule has 2 aromatic rings. The Morgan fingerprint density at radius 1 is 1.07 bits per heavy atom. The predicted octanol–water partition coefficient (Wildman–Crippen LogP) is 3.32. The van der Waals surface area contributed by atoms with E-state index >= 15 is 0 Å². The summed E-state index contributed by atoms with van der Waals surface area (Å²) in [5.41, 5.74) is 3.15. The fourth-order valence-corrected chi connectivity index (χ4v) is 4.48. The van der Waals surface area contributed by atoms with Crippen molar-refractivity contribution in [1.82, 2.24) is 9.79 Å². The minimum atomic E-state index is -3.71. The number of carbonyl (C=O) groups is 1. The Morgan fingerprint density at radius 3 is 2.28 bits per heavy atom. The number of nitrogens with zero attached hydrogens (tertiary/aromatic N) is 1.